The average Bonchev–Trinajstić information content (AvgIpc) is 2.88. The Morgan fingerprint density at radius 2 is 1.86 bits per heavy atom. The summed E-state index contributed by atoms with van der Waals surface area (Å²) in [7, 11) is 3.05. The molecule has 0 radical (unpaired) electrons. The van der Waals surface area contributed by atoms with Crippen molar-refractivity contribution in [3.8, 4) is 11.5 Å². The number of anilines is 2. The molecule has 3 N–H and O–H groups in total. The lowest BCUT2D eigenvalue weighted by molar-refractivity contribution is -0.111. The van der Waals surface area contributed by atoms with Crippen LogP contribution in [0.15, 0.2) is 64.2 Å². The molecular formula is C26H30N4O6. The van der Waals surface area contributed by atoms with Crippen LogP contribution in [0.4, 0.5) is 11.5 Å². The SMILES string of the molecule is CCOc1cc(/C=C/C(=O)Nc2c(NCc3ccccc3)c(=O)[nH]c(=O)n2CCOC)ccc1OC. The smallest absolute Gasteiger partial charge is 0.330 e. The highest BCUT2D eigenvalue weighted by Crippen LogP contribution is 2.28. The van der Waals surface area contributed by atoms with E-state index in [9.17, 15) is 14.4 Å². The number of nitrogens with one attached hydrogen (secondary N) is 3. The highest BCUT2D eigenvalue weighted by atomic mass is 16.5. The molecule has 0 aliphatic heterocycles. The van der Waals surface area contributed by atoms with Gasteiger partial charge >= 0.3 is 5.69 Å². The second kappa shape index (κ2) is 13.0. The zero-order valence-corrected chi connectivity index (χ0v) is 20.5. The largest absolute Gasteiger partial charge is 0.493 e. The Morgan fingerprint density at radius 1 is 1.08 bits per heavy atom. The van der Waals surface area contributed by atoms with Gasteiger partial charge in [0, 0.05) is 19.7 Å². The number of nitrogens with zero attached hydrogens (tertiary/aromatic N) is 1. The maximum Gasteiger partial charge on any atom is 0.330 e. The highest BCUT2D eigenvalue weighted by Gasteiger charge is 2.17. The Morgan fingerprint density at radius 3 is 2.56 bits per heavy atom. The van der Waals surface area contributed by atoms with Crippen LogP contribution in [0.3, 0.4) is 0 Å². The van der Waals surface area contributed by atoms with Crippen LogP contribution < -0.4 is 31.4 Å². The van der Waals surface area contributed by atoms with E-state index in [1.165, 1.54) is 17.8 Å². The summed E-state index contributed by atoms with van der Waals surface area (Å²) in [5, 5.41) is 5.72. The number of methoxy groups -OCH3 is 2. The summed E-state index contributed by atoms with van der Waals surface area (Å²) in [5.41, 5.74) is 0.408. The molecule has 1 heterocycles. The van der Waals surface area contributed by atoms with E-state index in [1.807, 2.05) is 37.3 Å². The maximum atomic E-state index is 12.9. The third-order valence-corrected chi connectivity index (χ3v) is 5.19. The molecule has 0 fully saturated rings. The van der Waals surface area contributed by atoms with E-state index in [1.54, 1.807) is 31.4 Å². The van der Waals surface area contributed by atoms with Crippen LogP contribution in [0.25, 0.3) is 6.08 Å². The number of rotatable bonds is 12. The molecule has 0 saturated carbocycles. The zero-order valence-electron chi connectivity index (χ0n) is 20.5. The average molecular weight is 495 g/mol. The van der Waals surface area contributed by atoms with Crippen molar-refractivity contribution >= 4 is 23.5 Å². The first kappa shape index (κ1) is 26.3. The number of benzene rings is 2. The van der Waals surface area contributed by atoms with Gasteiger partial charge in [-0.15, -0.1) is 0 Å². The Hall–Kier alpha value is -4.31. The molecule has 0 spiro atoms. The fourth-order valence-electron chi connectivity index (χ4n) is 3.44. The summed E-state index contributed by atoms with van der Waals surface area (Å²) in [6.45, 7) is 2.97. The quantitative estimate of drug-likeness (QED) is 0.331. The van der Waals surface area contributed by atoms with Gasteiger partial charge in [0.1, 0.15) is 11.5 Å². The maximum absolute atomic E-state index is 12.9. The van der Waals surface area contributed by atoms with Gasteiger partial charge in [0.2, 0.25) is 5.91 Å². The summed E-state index contributed by atoms with van der Waals surface area (Å²) in [6, 6.07) is 14.7. The van der Waals surface area contributed by atoms with E-state index in [4.69, 9.17) is 14.2 Å². The van der Waals surface area contributed by atoms with Crippen molar-refractivity contribution in [1.29, 1.82) is 0 Å². The summed E-state index contributed by atoms with van der Waals surface area (Å²) in [4.78, 5) is 40.4. The molecule has 1 aromatic heterocycles. The molecule has 10 heteroatoms. The molecule has 190 valence electrons. The molecule has 0 atom stereocenters. The third-order valence-electron chi connectivity index (χ3n) is 5.19. The molecule has 0 unspecified atom stereocenters. The number of amides is 1. The van der Waals surface area contributed by atoms with Crippen LogP contribution in [0.1, 0.15) is 18.1 Å². The number of aromatic nitrogens is 2. The van der Waals surface area contributed by atoms with Gasteiger partial charge in [0.15, 0.2) is 11.5 Å². The number of hydrogen-bond acceptors (Lipinski definition) is 7. The number of carbonyl (C=O) groups excluding carboxylic acids is 1. The summed E-state index contributed by atoms with van der Waals surface area (Å²) in [6.07, 6.45) is 2.91. The highest BCUT2D eigenvalue weighted by molar-refractivity contribution is 6.03. The molecule has 10 nitrogen and oxygen atoms in total. The Bertz CT molecular complexity index is 1310. The number of H-pyrrole nitrogens is 1. The Labute approximate surface area is 208 Å². The van der Waals surface area contributed by atoms with E-state index >= 15 is 0 Å². The van der Waals surface area contributed by atoms with Gasteiger partial charge < -0.3 is 24.8 Å². The van der Waals surface area contributed by atoms with Gasteiger partial charge in [0.05, 0.1) is 26.9 Å². The Balaban J connectivity index is 1.89. The lowest BCUT2D eigenvalue weighted by atomic mass is 10.2. The van der Waals surface area contributed by atoms with Gasteiger partial charge in [-0.05, 0) is 36.3 Å². The molecule has 2 aromatic carbocycles. The fraction of sp³-hybridized carbons (Fsp3) is 0.269. The number of hydrogen-bond donors (Lipinski definition) is 3. The van der Waals surface area contributed by atoms with Crippen LogP contribution >= 0.6 is 0 Å². The standard InChI is InChI=1S/C26H30N4O6/c1-4-36-21-16-18(10-12-20(21)35-3)11-13-22(31)28-24-23(27-17-19-8-6-5-7-9-19)25(32)29-26(33)30(24)14-15-34-2/h5-13,16,27H,4,14-15,17H2,1-3H3,(H,28,31)(H,29,32,33)/b13-11+. The monoisotopic (exact) mass is 494 g/mol. The Kier molecular flexibility index (Phi) is 9.47. The molecular weight excluding hydrogens is 464 g/mol. The van der Waals surface area contributed by atoms with E-state index in [0.29, 0.717) is 30.2 Å². The normalized spacial score (nSPS) is 10.9. The van der Waals surface area contributed by atoms with Gasteiger partial charge in [-0.1, -0.05) is 36.4 Å². The van der Waals surface area contributed by atoms with Crippen molar-refractivity contribution in [1.82, 2.24) is 9.55 Å². The first-order chi connectivity index (χ1) is 17.5. The van der Waals surface area contributed by atoms with Crippen LogP contribution in [0.5, 0.6) is 11.5 Å². The number of ether oxygens (including phenoxy) is 3. The van der Waals surface area contributed by atoms with E-state index in [-0.39, 0.29) is 24.7 Å². The lowest BCUT2D eigenvalue weighted by Gasteiger charge is -2.17. The second-order valence-electron chi connectivity index (χ2n) is 7.63. The van der Waals surface area contributed by atoms with E-state index < -0.39 is 17.2 Å². The van der Waals surface area contributed by atoms with Crippen molar-refractivity contribution in [2.45, 2.75) is 20.0 Å². The van der Waals surface area contributed by atoms with Crippen LogP contribution in [0.2, 0.25) is 0 Å². The fourth-order valence-corrected chi connectivity index (χ4v) is 3.44. The van der Waals surface area contributed by atoms with Crippen LogP contribution in [0, 0.1) is 0 Å². The minimum absolute atomic E-state index is 0.0520. The zero-order chi connectivity index (χ0) is 25.9. The van der Waals surface area contributed by atoms with E-state index in [0.717, 1.165) is 5.56 Å². The molecule has 0 aliphatic carbocycles. The van der Waals surface area contributed by atoms with Crippen molar-refractivity contribution in [3.05, 3.63) is 86.6 Å². The molecule has 36 heavy (non-hydrogen) atoms. The van der Waals surface area contributed by atoms with Crippen molar-refractivity contribution in [3.63, 3.8) is 0 Å². The third kappa shape index (κ3) is 6.86. The molecule has 0 saturated heterocycles. The minimum Gasteiger partial charge on any atom is -0.493 e. The van der Waals surface area contributed by atoms with Crippen molar-refractivity contribution < 1.29 is 19.0 Å². The number of carbonyl (C=O) groups is 1. The van der Waals surface area contributed by atoms with Gasteiger partial charge in [-0.2, -0.15) is 0 Å². The van der Waals surface area contributed by atoms with Crippen molar-refractivity contribution in [2.75, 3.05) is 38.1 Å². The number of aromatic amines is 1. The molecule has 0 aliphatic rings. The summed E-state index contributed by atoms with van der Waals surface area (Å²) < 4.78 is 17.2. The molecule has 3 rings (SSSR count). The molecule has 0 bridgehead atoms. The molecule has 3 aromatic rings. The first-order valence-corrected chi connectivity index (χ1v) is 11.4. The van der Waals surface area contributed by atoms with Crippen LogP contribution in [-0.4, -0.2) is 42.9 Å². The van der Waals surface area contributed by atoms with Gasteiger partial charge in [-0.3, -0.25) is 19.1 Å². The summed E-state index contributed by atoms with van der Waals surface area (Å²) in [5.74, 6) is 0.662. The minimum atomic E-state index is -0.655. The second-order valence-corrected chi connectivity index (χ2v) is 7.63. The predicted octanol–water partition coefficient (Wildman–Crippen LogP) is 2.85. The first-order valence-electron chi connectivity index (χ1n) is 11.4. The van der Waals surface area contributed by atoms with Crippen molar-refractivity contribution in [2.24, 2.45) is 0 Å². The molecule has 1 amide bonds. The predicted molar refractivity (Wildman–Crippen MR) is 139 cm³/mol. The lowest BCUT2D eigenvalue weighted by Crippen LogP contribution is -2.36. The summed E-state index contributed by atoms with van der Waals surface area (Å²) >= 11 is 0. The van der Waals surface area contributed by atoms with Crippen LogP contribution in [-0.2, 0) is 22.6 Å². The topological polar surface area (TPSA) is 124 Å². The van der Waals surface area contributed by atoms with Gasteiger partial charge in [0.25, 0.3) is 5.56 Å². The van der Waals surface area contributed by atoms with E-state index in [2.05, 4.69) is 15.6 Å². The van der Waals surface area contributed by atoms with Gasteiger partial charge in [-0.25, -0.2) is 4.79 Å².